The molecule has 0 spiro atoms. The van der Waals surface area contributed by atoms with E-state index in [0.717, 1.165) is 0 Å². The Morgan fingerprint density at radius 2 is 1.47 bits per heavy atom. The van der Waals surface area contributed by atoms with E-state index in [2.05, 4.69) is 21.6 Å². The molecule has 2 aromatic rings. The van der Waals surface area contributed by atoms with E-state index in [4.69, 9.17) is 0 Å². The fraction of sp³-hybridized carbons (Fsp3) is 0.348. The molecule has 2 aromatic carbocycles. The van der Waals surface area contributed by atoms with E-state index in [-0.39, 0.29) is 23.9 Å². The van der Waals surface area contributed by atoms with E-state index in [1.54, 1.807) is 36.4 Å². The van der Waals surface area contributed by atoms with Crippen LogP contribution in [0.2, 0.25) is 0 Å². The van der Waals surface area contributed by atoms with Crippen molar-refractivity contribution in [1.29, 1.82) is 5.26 Å². The summed E-state index contributed by atoms with van der Waals surface area (Å²) in [7, 11) is 0. The number of nitriles is 1. The maximum absolute atomic E-state index is 12.8. The molecule has 1 fully saturated rings. The molecule has 1 atom stereocenters. The lowest BCUT2D eigenvalue weighted by molar-refractivity contribution is 0.0577. The Morgan fingerprint density at radius 3 is 2.00 bits per heavy atom. The van der Waals surface area contributed by atoms with Gasteiger partial charge in [0.25, 0.3) is 5.91 Å². The first-order chi connectivity index (χ1) is 14.5. The molecule has 3 amide bonds. The van der Waals surface area contributed by atoms with Gasteiger partial charge < -0.3 is 15.5 Å². The summed E-state index contributed by atoms with van der Waals surface area (Å²) in [6.45, 7) is 6.68. The monoisotopic (exact) mass is 405 g/mol. The second kappa shape index (κ2) is 9.90. The summed E-state index contributed by atoms with van der Waals surface area (Å²) in [6.07, 6.45) is 0. The second-order valence-corrected chi connectivity index (χ2v) is 7.67. The number of benzene rings is 2. The Balaban J connectivity index is 1.53. The van der Waals surface area contributed by atoms with Crippen LogP contribution in [0.3, 0.4) is 0 Å². The summed E-state index contributed by atoms with van der Waals surface area (Å²) in [5, 5.41) is 14.9. The summed E-state index contributed by atoms with van der Waals surface area (Å²) < 4.78 is 0. The van der Waals surface area contributed by atoms with Gasteiger partial charge in [-0.05, 0) is 42.3 Å². The quantitative estimate of drug-likeness (QED) is 0.795. The maximum Gasteiger partial charge on any atom is 0.323 e. The topological polar surface area (TPSA) is 88.5 Å². The number of carbonyl (C=O) groups excluding carboxylic acids is 2. The molecule has 3 rings (SSSR count). The molecule has 1 aliphatic heterocycles. The van der Waals surface area contributed by atoms with Crippen LogP contribution in [0.1, 0.15) is 24.2 Å². The molecule has 0 bridgehead atoms. The van der Waals surface area contributed by atoms with Crippen molar-refractivity contribution in [3.8, 4) is 6.07 Å². The molecule has 30 heavy (non-hydrogen) atoms. The molecule has 7 heteroatoms. The number of nitrogens with one attached hydrogen (secondary N) is 2. The van der Waals surface area contributed by atoms with E-state index >= 15 is 0 Å². The van der Waals surface area contributed by atoms with Gasteiger partial charge >= 0.3 is 6.03 Å². The molecular weight excluding hydrogens is 378 g/mol. The molecule has 7 nitrogen and oxygen atoms in total. The summed E-state index contributed by atoms with van der Waals surface area (Å²) in [4.78, 5) is 28.8. The Hall–Kier alpha value is -3.37. The first-order valence-electron chi connectivity index (χ1n) is 10.1. The van der Waals surface area contributed by atoms with Crippen LogP contribution in [-0.2, 0) is 0 Å². The van der Waals surface area contributed by atoms with Crippen LogP contribution in [0, 0.1) is 17.2 Å². The summed E-state index contributed by atoms with van der Waals surface area (Å²) in [5.74, 6) is 0.226. The number of amides is 3. The maximum atomic E-state index is 12.8. The van der Waals surface area contributed by atoms with E-state index in [0.29, 0.717) is 43.1 Å². The van der Waals surface area contributed by atoms with E-state index in [9.17, 15) is 14.9 Å². The normalized spacial score (nSPS) is 15.3. The van der Waals surface area contributed by atoms with Crippen LogP contribution in [0.15, 0.2) is 54.6 Å². The van der Waals surface area contributed by atoms with Crippen molar-refractivity contribution in [3.63, 3.8) is 0 Å². The standard InChI is InChI=1S/C23H27N5O2/c1-17(2)21(16-24)27-12-14-28(15-13-27)22(29)18-8-10-20(11-9-18)26-23(30)25-19-6-4-3-5-7-19/h3-11,17,21H,12-15H2,1-2H3,(H2,25,26,30). The van der Waals surface area contributed by atoms with Crippen LogP contribution in [-0.4, -0.2) is 54.0 Å². The second-order valence-electron chi connectivity index (χ2n) is 7.67. The van der Waals surface area contributed by atoms with Crippen molar-refractivity contribution in [2.24, 2.45) is 5.92 Å². The fourth-order valence-electron chi connectivity index (χ4n) is 3.55. The van der Waals surface area contributed by atoms with Crippen molar-refractivity contribution in [3.05, 3.63) is 60.2 Å². The summed E-state index contributed by atoms with van der Waals surface area (Å²) in [6, 6.07) is 18.0. The number of piperazine rings is 1. The summed E-state index contributed by atoms with van der Waals surface area (Å²) in [5.41, 5.74) is 1.90. The van der Waals surface area contributed by atoms with Crippen LogP contribution >= 0.6 is 0 Å². The molecule has 1 aliphatic rings. The third kappa shape index (κ3) is 5.37. The highest BCUT2D eigenvalue weighted by molar-refractivity contribution is 6.00. The van der Waals surface area contributed by atoms with Gasteiger partial charge in [0.15, 0.2) is 0 Å². The van der Waals surface area contributed by atoms with Gasteiger partial charge in [0.1, 0.15) is 6.04 Å². The number of para-hydroxylation sites is 1. The predicted octanol–water partition coefficient (Wildman–Crippen LogP) is 3.64. The van der Waals surface area contributed by atoms with Crippen LogP contribution in [0.4, 0.5) is 16.2 Å². The largest absolute Gasteiger partial charge is 0.336 e. The molecule has 0 aromatic heterocycles. The van der Waals surface area contributed by atoms with Crippen LogP contribution < -0.4 is 10.6 Å². The smallest absolute Gasteiger partial charge is 0.323 e. The number of hydrogen-bond donors (Lipinski definition) is 2. The zero-order chi connectivity index (χ0) is 21.5. The number of urea groups is 1. The van der Waals surface area contributed by atoms with Gasteiger partial charge in [0.2, 0.25) is 0 Å². The van der Waals surface area contributed by atoms with Gasteiger partial charge in [-0.3, -0.25) is 9.69 Å². The highest BCUT2D eigenvalue weighted by Gasteiger charge is 2.28. The average molecular weight is 406 g/mol. The van der Waals surface area contributed by atoms with Crippen LogP contribution in [0.5, 0.6) is 0 Å². The number of anilines is 2. The minimum Gasteiger partial charge on any atom is -0.336 e. The molecule has 0 aliphatic carbocycles. The first-order valence-corrected chi connectivity index (χ1v) is 10.1. The number of nitrogens with zero attached hydrogens (tertiary/aromatic N) is 3. The van der Waals surface area contributed by atoms with Crippen molar-refractivity contribution in [1.82, 2.24) is 9.80 Å². The van der Waals surface area contributed by atoms with E-state index in [1.165, 1.54) is 0 Å². The summed E-state index contributed by atoms with van der Waals surface area (Å²) >= 11 is 0. The van der Waals surface area contributed by atoms with E-state index < -0.39 is 0 Å². The molecule has 1 heterocycles. The van der Waals surface area contributed by atoms with Gasteiger partial charge in [0.05, 0.1) is 6.07 Å². The third-order valence-corrected chi connectivity index (χ3v) is 5.18. The van der Waals surface area contributed by atoms with Gasteiger partial charge in [-0.15, -0.1) is 0 Å². The van der Waals surface area contributed by atoms with Crippen molar-refractivity contribution in [2.45, 2.75) is 19.9 Å². The number of carbonyl (C=O) groups is 2. The van der Waals surface area contributed by atoms with Crippen molar-refractivity contribution in [2.75, 3.05) is 36.8 Å². The third-order valence-electron chi connectivity index (χ3n) is 5.18. The highest BCUT2D eigenvalue weighted by Crippen LogP contribution is 2.17. The van der Waals surface area contributed by atoms with Gasteiger partial charge in [0, 0.05) is 43.1 Å². The molecule has 1 unspecified atom stereocenters. The average Bonchev–Trinajstić information content (AvgIpc) is 2.75. The van der Waals surface area contributed by atoms with E-state index in [1.807, 2.05) is 36.9 Å². The van der Waals surface area contributed by atoms with Crippen molar-refractivity contribution < 1.29 is 9.59 Å². The molecule has 156 valence electrons. The zero-order valence-corrected chi connectivity index (χ0v) is 17.3. The molecule has 1 saturated heterocycles. The Labute approximate surface area is 177 Å². The van der Waals surface area contributed by atoms with Gasteiger partial charge in [-0.25, -0.2) is 4.79 Å². The zero-order valence-electron chi connectivity index (χ0n) is 17.3. The number of hydrogen-bond acceptors (Lipinski definition) is 4. The fourth-order valence-corrected chi connectivity index (χ4v) is 3.55. The lowest BCUT2D eigenvalue weighted by Crippen LogP contribution is -2.52. The minimum absolute atomic E-state index is 0.0343. The highest BCUT2D eigenvalue weighted by atomic mass is 16.2. The van der Waals surface area contributed by atoms with Gasteiger partial charge in [-0.1, -0.05) is 32.0 Å². The molecule has 0 radical (unpaired) electrons. The molecule has 2 N–H and O–H groups in total. The number of rotatable bonds is 5. The Morgan fingerprint density at radius 1 is 0.900 bits per heavy atom. The molecule has 0 saturated carbocycles. The first kappa shape index (κ1) is 21.3. The lowest BCUT2D eigenvalue weighted by Gasteiger charge is -2.38. The van der Waals surface area contributed by atoms with Crippen molar-refractivity contribution >= 4 is 23.3 Å². The Bertz CT molecular complexity index is 897. The van der Waals surface area contributed by atoms with Crippen LogP contribution in [0.25, 0.3) is 0 Å². The minimum atomic E-state index is -0.339. The lowest BCUT2D eigenvalue weighted by atomic mass is 10.0. The SMILES string of the molecule is CC(C)C(C#N)N1CCN(C(=O)c2ccc(NC(=O)Nc3ccccc3)cc2)CC1. The Kier molecular flexibility index (Phi) is 7.04. The predicted molar refractivity (Wildman–Crippen MR) is 117 cm³/mol. The molecular formula is C23H27N5O2. The van der Waals surface area contributed by atoms with Gasteiger partial charge in [-0.2, -0.15) is 5.26 Å².